The first-order chi connectivity index (χ1) is 8.20. The third kappa shape index (κ3) is 4.19. The lowest BCUT2D eigenvalue weighted by Gasteiger charge is -2.36. The Morgan fingerprint density at radius 3 is 2.47 bits per heavy atom. The monoisotopic (exact) mass is 241 g/mol. The van der Waals surface area contributed by atoms with Crippen molar-refractivity contribution in [2.24, 2.45) is 5.73 Å². The molecule has 2 amide bonds. The highest BCUT2D eigenvalue weighted by Gasteiger charge is 2.26. The average molecular weight is 241 g/mol. The summed E-state index contributed by atoms with van der Waals surface area (Å²) in [5.41, 5.74) is 5.56. The summed E-state index contributed by atoms with van der Waals surface area (Å²) in [4.78, 5) is 16.1. The Labute approximate surface area is 105 Å². The predicted octanol–water partition coefficient (Wildman–Crippen LogP) is 2.04. The molecule has 0 heterocycles. The van der Waals surface area contributed by atoms with Crippen molar-refractivity contribution in [2.75, 3.05) is 26.7 Å². The molecule has 1 rings (SSSR count). The van der Waals surface area contributed by atoms with Crippen LogP contribution >= 0.6 is 0 Å². The van der Waals surface area contributed by atoms with Crippen molar-refractivity contribution in [1.29, 1.82) is 0 Å². The van der Waals surface area contributed by atoms with Crippen LogP contribution in [0.2, 0.25) is 0 Å². The van der Waals surface area contributed by atoms with Gasteiger partial charge in [0.05, 0.1) is 0 Å². The topological polar surface area (TPSA) is 49.6 Å². The van der Waals surface area contributed by atoms with Gasteiger partial charge in [-0.3, -0.25) is 0 Å². The van der Waals surface area contributed by atoms with Crippen molar-refractivity contribution in [3.05, 3.63) is 0 Å². The quantitative estimate of drug-likeness (QED) is 0.801. The van der Waals surface area contributed by atoms with Gasteiger partial charge in [0.1, 0.15) is 0 Å². The maximum Gasteiger partial charge on any atom is 0.319 e. The molecule has 0 aromatic rings. The van der Waals surface area contributed by atoms with E-state index in [1.54, 1.807) is 4.90 Å². The van der Waals surface area contributed by atoms with Crippen LogP contribution in [0.4, 0.5) is 4.79 Å². The second kappa shape index (κ2) is 7.54. The van der Waals surface area contributed by atoms with E-state index in [1.807, 2.05) is 14.0 Å². The van der Waals surface area contributed by atoms with Crippen LogP contribution in [0, 0.1) is 0 Å². The van der Waals surface area contributed by atoms with Gasteiger partial charge in [-0.05, 0) is 32.7 Å². The first-order valence-corrected chi connectivity index (χ1v) is 6.92. The molecule has 1 saturated carbocycles. The fourth-order valence-corrected chi connectivity index (χ4v) is 2.44. The Balaban J connectivity index is 2.60. The molecule has 17 heavy (non-hydrogen) atoms. The summed E-state index contributed by atoms with van der Waals surface area (Å²) in [6.07, 6.45) is 7.06. The van der Waals surface area contributed by atoms with E-state index in [0.29, 0.717) is 12.6 Å². The average Bonchev–Trinajstić information content (AvgIpc) is 2.39. The van der Waals surface area contributed by atoms with E-state index in [9.17, 15) is 4.79 Å². The van der Waals surface area contributed by atoms with Crippen molar-refractivity contribution in [3.63, 3.8) is 0 Å². The highest BCUT2D eigenvalue weighted by molar-refractivity contribution is 5.74. The fourth-order valence-electron chi connectivity index (χ4n) is 2.44. The highest BCUT2D eigenvalue weighted by atomic mass is 16.2. The Kier molecular flexibility index (Phi) is 6.34. The van der Waals surface area contributed by atoms with Crippen LogP contribution in [0.3, 0.4) is 0 Å². The van der Waals surface area contributed by atoms with Crippen molar-refractivity contribution in [1.82, 2.24) is 9.80 Å². The molecule has 0 unspecified atom stereocenters. The standard InChI is InChI=1S/C13H27N3O/c1-3-15(2)13(17)16(11-7-10-14)12-8-5-4-6-9-12/h12H,3-11,14H2,1-2H3. The van der Waals surface area contributed by atoms with Crippen LogP contribution in [0.25, 0.3) is 0 Å². The predicted molar refractivity (Wildman–Crippen MR) is 71.0 cm³/mol. The Morgan fingerprint density at radius 2 is 1.94 bits per heavy atom. The molecule has 0 spiro atoms. The van der Waals surface area contributed by atoms with Gasteiger partial charge < -0.3 is 15.5 Å². The van der Waals surface area contributed by atoms with Gasteiger partial charge in [0.2, 0.25) is 0 Å². The molecule has 100 valence electrons. The van der Waals surface area contributed by atoms with E-state index in [1.165, 1.54) is 19.3 Å². The van der Waals surface area contributed by atoms with E-state index in [2.05, 4.69) is 4.90 Å². The van der Waals surface area contributed by atoms with E-state index >= 15 is 0 Å². The van der Waals surface area contributed by atoms with Gasteiger partial charge in [0, 0.05) is 26.2 Å². The smallest absolute Gasteiger partial charge is 0.319 e. The number of urea groups is 1. The number of nitrogens with zero attached hydrogens (tertiary/aromatic N) is 2. The number of hydrogen-bond donors (Lipinski definition) is 1. The Bertz CT molecular complexity index is 227. The lowest BCUT2D eigenvalue weighted by Crippen LogP contribution is -2.48. The summed E-state index contributed by atoms with van der Waals surface area (Å²) in [6.45, 7) is 4.25. The van der Waals surface area contributed by atoms with Crippen LogP contribution in [0.1, 0.15) is 45.4 Å². The summed E-state index contributed by atoms with van der Waals surface area (Å²) in [5.74, 6) is 0. The molecule has 0 radical (unpaired) electrons. The third-order valence-corrected chi connectivity index (χ3v) is 3.67. The van der Waals surface area contributed by atoms with Crippen molar-refractivity contribution in [2.45, 2.75) is 51.5 Å². The number of nitrogens with two attached hydrogens (primary N) is 1. The van der Waals surface area contributed by atoms with Gasteiger partial charge >= 0.3 is 6.03 Å². The van der Waals surface area contributed by atoms with Crippen LogP contribution in [-0.2, 0) is 0 Å². The summed E-state index contributed by atoms with van der Waals surface area (Å²) in [6, 6.07) is 0.615. The summed E-state index contributed by atoms with van der Waals surface area (Å²) >= 11 is 0. The maximum atomic E-state index is 12.3. The van der Waals surface area contributed by atoms with E-state index < -0.39 is 0 Å². The summed E-state index contributed by atoms with van der Waals surface area (Å²) in [7, 11) is 1.88. The lowest BCUT2D eigenvalue weighted by atomic mass is 9.94. The normalized spacial score (nSPS) is 16.9. The van der Waals surface area contributed by atoms with Gasteiger partial charge in [-0.25, -0.2) is 4.79 Å². The third-order valence-electron chi connectivity index (χ3n) is 3.67. The van der Waals surface area contributed by atoms with Crippen molar-refractivity contribution < 1.29 is 4.79 Å². The molecule has 0 saturated heterocycles. The van der Waals surface area contributed by atoms with E-state index in [4.69, 9.17) is 5.73 Å². The minimum Gasteiger partial charge on any atom is -0.330 e. The molecule has 0 aromatic heterocycles. The molecule has 1 fully saturated rings. The van der Waals surface area contributed by atoms with Crippen molar-refractivity contribution >= 4 is 6.03 Å². The van der Waals surface area contributed by atoms with Gasteiger partial charge in [0.15, 0.2) is 0 Å². The highest BCUT2D eigenvalue weighted by Crippen LogP contribution is 2.23. The molecule has 1 aliphatic carbocycles. The van der Waals surface area contributed by atoms with Crippen LogP contribution in [-0.4, -0.2) is 48.6 Å². The molecule has 4 nitrogen and oxygen atoms in total. The van der Waals surface area contributed by atoms with Gasteiger partial charge in [-0.1, -0.05) is 19.3 Å². The summed E-state index contributed by atoms with van der Waals surface area (Å²) in [5, 5.41) is 0. The van der Waals surface area contributed by atoms with Crippen molar-refractivity contribution in [3.8, 4) is 0 Å². The molecule has 2 N–H and O–H groups in total. The molecule has 4 heteroatoms. The Hall–Kier alpha value is -0.770. The zero-order valence-electron chi connectivity index (χ0n) is 11.3. The molecule has 0 aliphatic heterocycles. The molecule has 0 aromatic carbocycles. The minimum absolute atomic E-state index is 0.174. The molecular formula is C13H27N3O. The lowest BCUT2D eigenvalue weighted by molar-refractivity contribution is 0.128. The zero-order valence-corrected chi connectivity index (χ0v) is 11.3. The second-order valence-corrected chi connectivity index (χ2v) is 4.92. The largest absolute Gasteiger partial charge is 0.330 e. The summed E-state index contributed by atoms with van der Waals surface area (Å²) < 4.78 is 0. The first kappa shape index (κ1) is 14.3. The van der Waals surface area contributed by atoms with Crippen LogP contribution < -0.4 is 5.73 Å². The van der Waals surface area contributed by atoms with Gasteiger partial charge in [-0.15, -0.1) is 0 Å². The number of hydrogen-bond acceptors (Lipinski definition) is 2. The maximum absolute atomic E-state index is 12.3. The van der Waals surface area contributed by atoms with Crippen LogP contribution in [0.15, 0.2) is 0 Å². The SMILES string of the molecule is CCN(C)C(=O)N(CCCN)C1CCCCC1. The van der Waals surface area contributed by atoms with Crippen LogP contribution in [0.5, 0.6) is 0 Å². The molecule has 1 aliphatic rings. The number of rotatable bonds is 5. The minimum atomic E-state index is 0.174. The first-order valence-electron chi connectivity index (χ1n) is 6.92. The molecule has 0 atom stereocenters. The fraction of sp³-hybridized carbons (Fsp3) is 0.923. The van der Waals surface area contributed by atoms with E-state index in [-0.39, 0.29) is 6.03 Å². The van der Waals surface area contributed by atoms with Gasteiger partial charge in [-0.2, -0.15) is 0 Å². The zero-order chi connectivity index (χ0) is 12.7. The molecular weight excluding hydrogens is 214 g/mol. The molecule has 0 bridgehead atoms. The number of carbonyl (C=O) groups excluding carboxylic acids is 1. The number of carbonyl (C=O) groups is 1. The number of amides is 2. The van der Waals surface area contributed by atoms with Gasteiger partial charge in [0.25, 0.3) is 0 Å². The van der Waals surface area contributed by atoms with E-state index in [0.717, 1.165) is 32.4 Å². The second-order valence-electron chi connectivity index (χ2n) is 4.92. The Morgan fingerprint density at radius 1 is 1.29 bits per heavy atom.